The Hall–Kier alpha value is -2.71. The minimum absolute atomic E-state index is 0.0131. The molecule has 1 aliphatic rings. The molecule has 2 aromatic rings. The summed E-state index contributed by atoms with van der Waals surface area (Å²) in [5, 5.41) is 10.7. The van der Waals surface area contributed by atoms with Crippen molar-refractivity contribution in [1.82, 2.24) is 4.90 Å². The van der Waals surface area contributed by atoms with E-state index < -0.39 is 4.92 Å². The van der Waals surface area contributed by atoms with E-state index in [1.165, 1.54) is 23.9 Å². The Morgan fingerprint density at radius 1 is 1.19 bits per heavy atom. The maximum absolute atomic E-state index is 12.6. The fraction of sp³-hybridized carbons (Fsp3) is 0.158. The van der Waals surface area contributed by atoms with Gasteiger partial charge >= 0.3 is 0 Å². The number of hydrogen-bond acceptors (Lipinski definition) is 6. The first kappa shape index (κ1) is 19.1. The van der Waals surface area contributed by atoms with Crippen LogP contribution in [0.5, 0.6) is 5.75 Å². The SMILES string of the molecule is COc1ccc(CCN2C(=O)/C(=C/c3ccc([N+](=O)[O-])cc3)SC2=S)cc1. The molecule has 1 amide bonds. The fourth-order valence-corrected chi connectivity index (χ4v) is 3.88. The highest BCUT2D eigenvalue weighted by atomic mass is 32.2. The highest BCUT2D eigenvalue weighted by Gasteiger charge is 2.31. The second-order valence-corrected chi connectivity index (χ2v) is 7.46. The van der Waals surface area contributed by atoms with Gasteiger partial charge in [0, 0.05) is 18.7 Å². The van der Waals surface area contributed by atoms with Crippen LogP contribution in [0.3, 0.4) is 0 Å². The summed E-state index contributed by atoms with van der Waals surface area (Å²) >= 11 is 6.58. The average Bonchev–Trinajstić information content (AvgIpc) is 2.94. The van der Waals surface area contributed by atoms with E-state index in [2.05, 4.69) is 0 Å². The van der Waals surface area contributed by atoms with Crippen molar-refractivity contribution in [1.29, 1.82) is 0 Å². The molecule has 0 saturated carbocycles. The van der Waals surface area contributed by atoms with E-state index in [4.69, 9.17) is 17.0 Å². The number of benzene rings is 2. The maximum Gasteiger partial charge on any atom is 0.269 e. The number of methoxy groups -OCH3 is 1. The van der Waals surface area contributed by atoms with Crippen molar-refractivity contribution in [3.63, 3.8) is 0 Å². The molecule has 2 aromatic carbocycles. The van der Waals surface area contributed by atoms with Crippen molar-refractivity contribution in [3.05, 3.63) is 74.7 Å². The number of ether oxygens (including phenoxy) is 1. The number of non-ortho nitro benzene ring substituents is 1. The van der Waals surface area contributed by atoms with Gasteiger partial charge in [-0.1, -0.05) is 36.1 Å². The number of carbonyl (C=O) groups is 1. The van der Waals surface area contributed by atoms with Crippen molar-refractivity contribution in [3.8, 4) is 5.75 Å². The van der Waals surface area contributed by atoms with E-state index in [0.717, 1.165) is 16.9 Å². The van der Waals surface area contributed by atoms with Crippen LogP contribution >= 0.6 is 24.0 Å². The maximum atomic E-state index is 12.6. The van der Waals surface area contributed by atoms with Gasteiger partial charge in [-0.3, -0.25) is 19.8 Å². The molecule has 0 aliphatic carbocycles. The molecule has 0 N–H and O–H groups in total. The third-order valence-corrected chi connectivity index (χ3v) is 5.44. The highest BCUT2D eigenvalue weighted by molar-refractivity contribution is 8.26. The number of thioether (sulfide) groups is 1. The highest BCUT2D eigenvalue weighted by Crippen LogP contribution is 2.33. The third kappa shape index (κ3) is 4.53. The first-order valence-electron chi connectivity index (χ1n) is 8.10. The quantitative estimate of drug-likeness (QED) is 0.315. The Kier molecular flexibility index (Phi) is 5.88. The number of rotatable bonds is 6. The molecule has 1 heterocycles. The Labute approximate surface area is 166 Å². The van der Waals surface area contributed by atoms with Gasteiger partial charge in [0.2, 0.25) is 0 Å². The lowest BCUT2D eigenvalue weighted by Crippen LogP contribution is -2.30. The molecule has 0 unspecified atom stereocenters. The number of nitrogens with zero attached hydrogens (tertiary/aromatic N) is 2. The van der Waals surface area contributed by atoms with E-state index in [1.54, 1.807) is 30.2 Å². The molecule has 1 aliphatic heterocycles. The largest absolute Gasteiger partial charge is 0.497 e. The van der Waals surface area contributed by atoms with Gasteiger partial charge in [0.05, 0.1) is 16.9 Å². The molecule has 0 aromatic heterocycles. The van der Waals surface area contributed by atoms with Gasteiger partial charge in [-0.05, 0) is 47.9 Å². The van der Waals surface area contributed by atoms with Gasteiger partial charge in [-0.25, -0.2) is 0 Å². The summed E-state index contributed by atoms with van der Waals surface area (Å²) in [4.78, 5) is 25.0. The molecular weight excluding hydrogens is 384 g/mol. The first-order valence-corrected chi connectivity index (χ1v) is 9.33. The Bertz CT molecular complexity index is 908. The summed E-state index contributed by atoms with van der Waals surface area (Å²) < 4.78 is 5.65. The van der Waals surface area contributed by atoms with E-state index in [9.17, 15) is 14.9 Å². The average molecular weight is 400 g/mol. The van der Waals surface area contributed by atoms with E-state index >= 15 is 0 Å². The predicted octanol–water partition coefficient (Wildman–Crippen LogP) is 4.05. The summed E-state index contributed by atoms with van der Waals surface area (Å²) in [5.41, 5.74) is 1.82. The zero-order valence-electron chi connectivity index (χ0n) is 14.5. The van der Waals surface area contributed by atoms with Crippen molar-refractivity contribution >= 4 is 46.0 Å². The fourth-order valence-electron chi connectivity index (χ4n) is 2.57. The van der Waals surface area contributed by atoms with Crippen LogP contribution in [0.4, 0.5) is 5.69 Å². The topological polar surface area (TPSA) is 72.7 Å². The molecule has 0 atom stereocenters. The van der Waals surface area contributed by atoms with Gasteiger partial charge in [0.1, 0.15) is 10.1 Å². The molecule has 0 spiro atoms. The van der Waals surface area contributed by atoms with Crippen LogP contribution in [0.25, 0.3) is 6.08 Å². The Morgan fingerprint density at radius 3 is 2.44 bits per heavy atom. The molecule has 6 nitrogen and oxygen atoms in total. The van der Waals surface area contributed by atoms with Crippen LogP contribution in [0.15, 0.2) is 53.4 Å². The summed E-state index contributed by atoms with van der Waals surface area (Å²) in [6.07, 6.45) is 2.39. The lowest BCUT2D eigenvalue weighted by atomic mass is 10.1. The second kappa shape index (κ2) is 8.32. The number of thiocarbonyl (C=S) groups is 1. The molecule has 138 valence electrons. The van der Waals surface area contributed by atoms with E-state index in [0.29, 0.717) is 22.2 Å². The first-order chi connectivity index (χ1) is 13.0. The zero-order chi connectivity index (χ0) is 19.4. The van der Waals surface area contributed by atoms with E-state index in [-0.39, 0.29) is 11.6 Å². The van der Waals surface area contributed by atoms with Crippen LogP contribution in [-0.4, -0.2) is 33.7 Å². The monoisotopic (exact) mass is 400 g/mol. The number of nitro groups is 1. The van der Waals surface area contributed by atoms with Gasteiger partial charge in [-0.2, -0.15) is 0 Å². The molecule has 3 rings (SSSR count). The van der Waals surface area contributed by atoms with Gasteiger partial charge in [-0.15, -0.1) is 0 Å². The van der Waals surface area contributed by atoms with Gasteiger partial charge in [0.15, 0.2) is 0 Å². The van der Waals surface area contributed by atoms with Crippen molar-refractivity contribution in [2.75, 3.05) is 13.7 Å². The predicted molar refractivity (Wildman–Crippen MR) is 110 cm³/mol. The zero-order valence-corrected chi connectivity index (χ0v) is 16.1. The molecule has 27 heavy (non-hydrogen) atoms. The van der Waals surface area contributed by atoms with Gasteiger partial charge < -0.3 is 4.74 Å². The summed E-state index contributed by atoms with van der Waals surface area (Å²) in [6, 6.07) is 13.7. The number of hydrogen-bond donors (Lipinski definition) is 0. The van der Waals surface area contributed by atoms with Crippen LogP contribution in [0, 0.1) is 10.1 Å². The second-order valence-electron chi connectivity index (χ2n) is 5.78. The summed E-state index contributed by atoms with van der Waals surface area (Å²) in [5.74, 6) is 0.646. The lowest BCUT2D eigenvalue weighted by Gasteiger charge is -2.14. The minimum Gasteiger partial charge on any atom is -0.497 e. The lowest BCUT2D eigenvalue weighted by molar-refractivity contribution is -0.384. The van der Waals surface area contributed by atoms with Crippen LogP contribution in [0.1, 0.15) is 11.1 Å². The Balaban J connectivity index is 1.67. The third-order valence-electron chi connectivity index (χ3n) is 4.06. The number of carbonyl (C=O) groups excluding carboxylic acids is 1. The van der Waals surface area contributed by atoms with E-state index in [1.807, 2.05) is 24.3 Å². The summed E-state index contributed by atoms with van der Waals surface area (Å²) in [6.45, 7) is 0.495. The number of amides is 1. The molecule has 1 saturated heterocycles. The Morgan fingerprint density at radius 2 is 1.85 bits per heavy atom. The van der Waals surface area contributed by atoms with Crippen molar-refractivity contribution in [2.24, 2.45) is 0 Å². The standard InChI is InChI=1S/C19H16N2O4S2/c1-25-16-8-4-13(5-9-16)10-11-20-18(22)17(27-19(20)26)12-14-2-6-15(7-3-14)21(23)24/h2-9,12H,10-11H2,1H3/b17-12-. The normalized spacial score (nSPS) is 15.4. The van der Waals surface area contributed by atoms with Crippen LogP contribution < -0.4 is 4.74 Å². The molecule has 1 fully saturated rings. The molecule has 8 heteroatoms. The smallest absolute Gasteiger partial charge is 0.269 e. The molecular formula is C19H16N2O4S2. The molecule has 0 bridgehead atoms. The van der Waals surface area contributed by atoms with Crippen molar-refractivity contribution < 1.29 is 14.5 Å². The van der Waals surface area contributed by atoms with Crippen molar-refractivity contribution in [2.45, 2.75) is 6.42 Å². The van der Waals surface area contributed by atoms with Crippen LogP contribution in [-0.2, 0) is 11.2 Å². The van der Waals surface area contributed by atoms with Crippen LogP contribution in [0.2, 0.25) is 0 Å². The number of nitro benzene ring substituents is 1. The van der Waals surface area contributed by atoms with Gasteiger partial charge in [0.25, 0.3) is 11.6 Å². The molecule has 0 radical (unpaired) electrons. The summed E-state index contributed by atoms with van der Waals surface area (Å²) in [7, 11) is 1.62. The minimum atomic E-state index is -0.456.